The first-order chi connectivity index (χ1) is 23.8. The fourth-order valence-electron chi connectivity index (χ4n) is 9.19. The van der Waals surface area contributed by atoms with Crippen molar-refractivity contribution in [1.82, 2.24) is 10.6 Å². The van der Waals surface area contributed by atoms with Crippen LogP contribution < -0.4 is 10.6 Å². The number of ether oxygens (including phenoxy) is 6. The normalized spacial score (nSPS) is 45.0. The molecule has 0 aromatic heterocycles. The van der Waals surface area contributed by atoms with Crippen molar-refractivity contribution in [3.63, 3.8) is 0 Å². The van der Waals surface area contributed by atoms with Gasteiger partial charge >= 0.3 is 11.9 Å². The van der Waals surface area contributed by atoms with E-state index in [-0.39, 0.29) is 76.5 Å². The molecule has 2 N–H and O–H groups in total. The van der Waals surface area contributed by atoms with Gasteiger partial charge in [-0.3, -0.25) is 9.59 Å². The van der Waals surface area contributed by atoms with Crippen LogP contribution in [0.2, 0.25) is 0 Å². The molecular formula is C41H74N2O8. The molecule has 0 radical (unpaired) electrons. The van der Waals surface area contributed by atoms with Crippen LogP contribution in [0, 0.1) is 29.6 Å². The fourth-order valence-corrected chi connectivity index (χ4v) is 9.19. The largest absolute Gasteiger partial charge is 0.435 e. The van der Waals surface area contributed by atoms with Gasteiger partial charge in [-0.05, 0) is 78.6 Å². The van der Waals surface area contributed by atoms with E-state index in [4.69, 9.17) is 28.4 Å². The van der Waals surface area contributed by atoms with E-state index >= 15 is 0 Å². The van der Waals surface area contributed by atoms with Gasteiger partial charge in [0.25, 0.3) is 0 Å². The molecule has 296 valence electrons. The molecule has 4 aliphatic heterocycles. The van der Waals surface area contributed by atoms with Crippen molar-refractivity contribution in [2.45, 2.75) is 207 Å². The van der Waals surface area contributed by atoms with Gasteiger partial charge in [-0.15, -0.1) is 0 Å². The van der Waals surface area contributed by atoms with Crippen LogP contribution in [0.15, 0.2) is 0 Å². The van der Waals surface area contributed by atoms with Gasteiger partial charge < -0.3 is 39.1 Å². The van der Waals surface area contributed by atoms with Gasteiger partial charge in [0.15, 0.2) is 11.6 Å². The van der Waals surface area contributed by atoms with Crippen LogP contribution in [0.4, 0.5) is 0 Å². The Balaban J connectivity index is 1.35. The number of hydrogen-bond acceptors (Lipinski definition) is 10. The van der Waals surface area contributed by atoms with Crippen molar-refractivity contribution >= 4 is 11.9 Å². The highest BCUT2D eigenvalue weighted by atomic mass is 16.8. The molecule has 4 heterocycles. The van der Waals surface area contributed by atoms with Gasteiger partial charge in [0.05, 0.1) is 13.2 Å². The highest BCUT2D eigenvalue weighted by Crippen LogP contribution is 2.51. The van der Waals surface area contributed by atoms with Crippen LogP contribution in [-0.4, -0.2) is 71.5 Å². The van der Waals surface area contributed by atoms with Crippen LogP contribution in [-0.2, 0) is 38.0 Å². The second-order valence-electron chi connectivity index (χ2n) is 17.8. The molecule has 0 aromatic carbocycles. The van der Waals surface area contributed by atoms with E-state index in [1.165, 1.54) is 0 Å². The lowest BCUT2D eigenvalue weighted by Gasteiger charge is -2.60. The lowest BCUT2D eigenvalue weighted by Crippen LogP contribution is -2.73. The topological polar surface area (TPSA) is 114 Å². The van der Waals surface area contributed by atoms with E-state index < -0.39 is 24.2 Å². The van der Waals surface area contributed by atoms with Crippen molar-refractivity contribution in [1.29, 1.82) is 0 Å². The van der Waals surface area contributed by atoms with Crippen molar-refractivity contribution in [2.75, 3.05) is 13.2 Å². The molecule has 13 atom stereocenters. The zero-order valence-corrected chi connectivity index (χ0v) is 34.5. The van der Waals surface area contributed by atoms with E-state index in [2.05, 4.69) is 93.7 Å². The Morgan fingerprint density at radius 3 is 1.47 bits per heavy atom. The fraction of sp³-hybridized carbons (Fsp3) is 0.951. The monoisotopic (exact) mass is 723 g/mol. The highest BCUT2D eigenvalue weighted by molar-refractivity contribution is 5.71. The molecule has 13 unspecified atom stereocenters. The van der Waals surface area contributed by atoms with Gasteiger partial charge in [-0.1, -0.05) is 62.3 Å². The van der Waals surface area contributed by atoms with Crippen LogP contribution in [0.5, 0.6) is 0 Å². The molecule has 4 aliphatic rings. The summed E-state index contributed by atoms with van der Waals surface area (Å²) in [5, 5.41) is 7.79. The van der Waals surface area contributed by atoms with Crippen LogP contribution in [0.1, 0.15) is 161 Å². The summed E-state index contributed by atoms with van der Waals surface area (Å²) in [7, 11) is 0. The quantitative estimate of drug-likeness (QED) is 0.181. The van der Waals surface area contributed by atoms with Gasteiger partial charge in [0.2, 0.25) is 12.6 Å². The highest BCUT2D eigenvalue weighted by Gasteiger charge is 2.61. The maximum Gasteiger partial charge on any atom is 0.308 e. The minimum absolute atomic E-state index is 0.0443. The first kappa shape index (κ1) is 42.4. The molecule has 51 heavy (non-hydrogen) atoms. The first-order valence-corrected chi connectivity index (χ1v) is 20.4. The van der Waals surface area contributed by atoms with Crippen molar-refractivity contribution in [3.05, 3.63) is 0 Å². The summed E-state index contributed by atoms with van der Waals surface area (Å²) in [4.78, 5) is 26.7. The Morgan fingerprint density at radius 2 is 1.10 bits per heavy atom. The number of carbonyl (C=O) groups excluding carboxylic acids is 2. The number of rotatable bonds is 13. The standard InChI is InChI=1S/C41H74N2O8/c1-14-30-23-46-40(25-36(10,16-3)42-38(12,18-5)28(40)8)50-34(30)48-32(44)21-20-27(7)22-33(45)49-35-31(15-2)24-47-41(51-35)26-37(11,17-4)43-39(13,19-6)29(41)9/h27-31,34-35,42-43H,14-26H2,1-13H3. The third-order valence-electron chi connectivity index (χ3n) is 14.1. The van der Waals surface area contributed by atoms with Gasteiger partial charge in [-0.2, -0.15) is 0 Å². The molecule has 0 aromatic rings. The molecule has 4 fully saturated rings. The average molecular weight is 723 g/mol. The summed E-state index contributed by atoms with van der Waals surface area (Å²) < 4.78 is 38.9. The summed E-state index contributed by atoms with van der Waals surface area (Å²) in [5.41, 5.74) is -0.711. The van der Waals surface area contributed by atoms with E-state index in [0.717, 1.165) is 38.5 Å². The number of esters is 2. The Bertz CT molecular complexity index is 1200. The zero-order chi connectivity index (χ0) is 38.0. The molecule has 0 amide bonds. The van der Waals surface area contributed by atoms with E-state index in [0.29, 0.717) is 32.5 Å². The Morgan fingerprint density at radius 1 is 0.686 bits per heavy atom. The maximum atomic E-state index is 13.4. The Labute approximate surface area is 309 Å². The molecule has 10 heteroatoms. The van der Waals surface area contributed by atoms with E-state index in [1.807, 2.05) is 6.92 Å². The Hall–Kier alpha value is -1.30. The third-order valence-corrected chi connectivity index (χ3v) is 14.1. The lowest BCUT2D eigenvalue weighted by atomic mass is 9.67. The first-order valence-electron chi connectivity index (χ1n) is 20.4. The molecule has 4 rings (SSSR count). The molecule has 0 saturated carbocycles. The average Bonchev–Trinajstić information content (AvgIpc) is 3.09. The predicted octanol–water partition coefficient (Wildman–Crippen LogP) is 8.00. The molecule has 0 aliphatic carbocycles. The zero-order valence-electron chi connectivity index (χ0n) is 34.5. The molecular weight excluding hydrogens is 648 g/mol. The number of hydrogen-bond donors (Lipinski definition) is 2. The third kappa shape index (κ3) is 8.83. The molecule has 4 saturated heterocycles. The molecule has 2 spiro atoms. The van der Waals surface area contributed by atoms with Crippen molar-refractivity contribution in [2.24, 2.45) is 29.6 Å². The van der Waals surface area contributed by atoms with Gasteiger partial charge in [0, 0.05) is 71.5 Å². The van der Waals surface area contributed by atoms with Crippen LogP contribution in [0.25, 0.3) is 0 Å². The maximum absolute atomic E-state index is 13.4. The predicted molar refractivity (Wildman–Crippen MR) is 198 cm³/mol. The van der Waals surface area contributed by atoms with Gasteiger partial charge in [-0.25, -0.2) is 0 Å². The molecule has 10 nitrogen and oxygen atoms in total. The Kier molecular flexibility index (Phi) is 13.5. The number of carbonyl (C=O) groups is 2. The number of piperidine rings is 2. The minimum Gasteiger partial charge on any atom is -0.435 e. The van der Waals surface area contributed by atoms with Crippen LogP contribution >= 0.6 is 0 Å². The summed E-state index contributed by atoms with van der Waals surface area (Å²) in [5.74, 6) is -2.38. The second-order valence-corrected chi connectivity index (χ2v) is 17.8. The SMILES string of the molecule is CCC1COC2(CC(C)(CC)NC(C)(CC)C2C)OC1OC(=O)CCC(C)CC(=O)OC1OC2(CC(C)(CC)NC(C)(CC)C2C)OCC1CC. The van der Waals surface area contributed by atoms with Gasteiger partial charge in [0.1, 0.15) is 0 Å². The lowest BCUT2D eigenvalue weighted by molar-refractivity contribution is -0.394. The van der Waals surface area contributed by atoms with E-state index in [9.17, 15) is 9.59 Å². The minimum atomic E-state index is -0.843. The van der Waals surface area contributed by atoms with Crippen molar-refractivity contribution < 1.29 is 38.0 Å². The summed E-state index contributed by atoms with van der Waals surface area (Å²) in [6, 6.07) is 0. The summed E-state index contributed by atoms with van der Waals surface area (Å²) in [6.07, 6.45) is 6.15. The number of nitrogens with one attached hydrogen (secondary N) is 2. The smallest absolute Gasteiger partial charge is 0.308 e. The van der Waals surface area contributed by atoms with Crippen LogP contribution in [0.3, 0.4) is 0 Å². The second kappa shape index (κ2) is 16.2. The van der Waals surface area contributed by atoms with Crippen molar-refractivity contribution in [3.8, 4) is 0 Å². The summed E-state index contributed by atoms with van der Waals surface area (Å²) in [6.45, 7) is 29.2. The van der Waals surface area contributed by atoms with E-state index in [1.54, 1.807) is 0 Å². The molecule has 0 bridgehead atoms. The summed E-state index contributed by atoms with van der Waals surface area (Å²) >= 11 is 0.